The third kappa shape index (κ3) is 3.18. The molecule has 0 unspecified atom stereocenters. The van der Waals surface area contributed by atoms with E-state index in [1.54, 1.807) is 12.1 Å². The number of hydrogen-bond acceptors (Lipinski definition) is 2. The highest BCUT2D eigenvalue weighted by Crippen LogP contribution is 2.10. The summed E-state index contributed by atoms with van der Waals surface area (Å²) in [5, 5.41) is 10.2. The number of rotatable bonds is 3. The van der Waals surface area contributed by atoms with Crippen molar-refractivity contribution in [3.8, 4) is 5.75 Å². The van der Waals surface area contributed by atoms with Crippen LogP contribution in [-0.4, -0.2) is 5.11 Å². The van der Waals surface area contributed by atoms with Gasteiger partial charge in [-0.05, 0) is 29.8 Å². The summed E-state index contributed by atoms with van der Waals surface area (Å²) in [4.78, 5) is 0. The molecule has 0 saturated carbocycles. The predicted octanol–water partition coefficient (Wildman–Crippen LogP) is 3.35. The summed E-state index contributed by atoms with van der Waals surface area (Å²) in [5.74, 6) is 0.294. The molecule has 0 spiro atoms. The van der Waals surface area contributed by atoms with E-state index in [2.05, 4.69) is 16.9 Å². The summed E-state index contributed by atoms with van der Waals surface area (Å²) < 4.78 is 4.43. The van der Waals surface area contributed by atoms with Crippen molar-refractivity contribution in [3.05, 3.63) is 60.2 Å². The van der Waals surface area contributed by atoms with Crippen LogP contribution >= 0.6 is 8.37 Å². The van der Waals surface area contributed by atoms with Crippen LogP contribution in [0.25, 0.3) is 0 Å². The number of nitrogens with zero attached hydrogens (tertiary/aromatic N) is 1. The molecule has 1 N–H and O–H groups in total. The zero-order chi connectivity index (χ0) is 11.2. The molecule has 2 rings (SSSR count). The molecule has 0 amide bonds. The summed E-state index contributed by atoms with van der Waals surface area (Å²) in [6.45, 7) is 0.725. The van der Waals surface area contributed by atoms with Gasteiger partial charge in [0.2, 0.25) is 0 Å². The van der Waals surface area contributed by atoms with E-state index in [1.807, 2.05) is 30.3 Å². The Balaban J connectivity index is 1.98. The standard InChI is InChI=1S/C13H12NOP/c15-12-6-8-13(9-7-12)16-14-10-11-4-2-1-3-5-11/h1-9,15H,10H2. The van der Waals surface area contributed by atoms with Gasteiger partial charge in [-0.3, -0.25) is 4.74 Å². The average molecular weight is 229 g/mol. The molecule has 80 valence electrons. The number of phenols is 1. The van der Waals surface area contributed by atoms with Gasteiger partial charge in [0.25, 0.3) is 0 Å². The Bertz CT molecular complexity index is 465. The maximum absolute atomic E-state index is 9.13. The van der Waals surface area contributed by atoms with E-state index in [1.165, 1.54) is 5.56 Å². The van der Waals surface area contributed by atoms with Gasteiger partial charge in [0, 0.05) is 13.7 Å². The van der Waals surface area contributed by atoms with E-state index in [4.69, 9.17) is 5.11 Å². The Kier molecular flexibility index (Phi) is 3.68. The van der Waals surface area contributed by atoms with Crippen LogP contribution < -0.4 is 5.30 Å². The maximum Gasteiger partial charge on any atom is 0.115 e. The second kappa shape index (κ2) is 5.43. The van der Waals surface area contributed by atoms with Gasteiger partial charge in [-0.1, -0.05) is 30.3 Å². The van der Waals surface area contributed by atoms with Crippen LogP contribution in [0.2, 0.25) is 0 Å². The summed E-state index contributed by atoms with van der Waals surface area (Å²) in [7, 11) is 0.939. The van der Waals surface area contributed by atoms with Gasteiger partial charge in [0.1, 0.15) is 5.75 Å². The van der Waals surface area contributed by atoms with Crippen molar-refractivity contribution >= 4 is 13.7 Å². The second-order valence-corrected chi connectivity index (χ2v) is 4.40. The largest absolute Gasteiger partial charge is 0.508 e. The molecule has 16 heavy (non-hydrogen) atoms. The van der Waals surface area contributed by atoms with E-state index in [9.17, 15) is 0 Å². The zero-order valence-electron chi connectivity index (χ0n) is 8.74. The van der Waals surface area contributed by atoms with Crippen molar-refractivity contribution in [2.75, 3.05) is 0 Å². The zero-order valence-corrected chi connectivity index (χ0v) is 9.64. The summed E-state index contributed by atoms with van der Waals surface area (Å²) in [5.41, 5.74) is 1.22. The fourth-order valence-electron chi connectivity index (χ4n) is 1.30. The van der Waals surface area contributed by atoms with Gasteiger partial charge in [0.05, 0.1) is 6.54 Å². The Morgan fingerprint density at radius 1 is 0.938 bits per heavy atom. The molecule has 2 aromatic carbocycles. The molecule has 2 aromatic rings. The van der Waals surface area contributed by atoms with Crippen LogP contribution in [0.1, 0.15) is 5.56 Å². The smallest absolute Gasteiger partial charge is 0.115 e. The summed E-state index contributed by atoms with van der Waals surface area (Å²) in [6.07, 6.45) is 0. The fourth-order valence-corrected chi connectivity index (χ4v) is 1.98. The lowest BCUT2D eigenvalue weighted by atomic mass is 10.2. The topological polar surface area (TPSA) is 32.6 Å². The lowest BCUT2D eigenvalue weighted by Crippen LogP contribution is -1.87. The van der Waals surface area contributed by atoms with Crippen molar-refractivity contribution in [2.45, 2.75) is 6.54 Å². The van der Waals surface area contributed by atoms with Crippen molar-refractivity contribution in [1.82, 2.24) is 0 Å². The molecular weight excluding hydrogens is 217 g/mol. The highest BCUT2D eigenvalue weighted by atomic mass is 31.1. The van der Waals surface area contributed by atoms with Crippen LogP contribution in [0.5, 0.6) is 5.75 Å². The van der Waals surface area contributed by atoms with Crippen LogP contribution in [-0.2, 0) is 6.54 Å². The first kappa shape index (κ1) is 10.8. The summed E-state index contributed by atoms with van der Waals surface area (Å²) in [6, 6.07) is 17.3. The molecule has 0 atom stereocenters. The van der Waals surface area contributed by atoms with E-state index in [0.717, 1.165) is 20.2 Å². The van der Waals surface area contributed by atoms with Crippen LogP contribution in [0.3, 0.4) is 0 Å². The van der Waals surface area contributed by atoms with Crippen LogP contribution in [0.4, 0.5) is 0 Å². The molecule has 0 bridgehead atoms. The average Bonchev–Trinajstić information content (AvgIpc) is 2.33. The highest BCUT2D eigenvalue weighted by molar-refractivity contribution is 7.36. The van der Waals surface area contributed by atoms with Gasteiger partial charge >= 0.3 is 0 Å². The molecule has 0 aliphatic rings. The Labute approximate surface area is 96.5 Å². The third-order valence-corrected chi connectivity index (χ3v) is 2.94. The quantitative estimate of drug-likeness (QED) is 0.804. The van der Waals surface area contributed by atoms with Gasteiger partial charge in [-0.2, -0.15) is 0 Å². The lowest BCUT2D eigenvalue weighted by molar-refractivity contribution is 0.475. The van der Waals surface area contributed by atoms with E-state index < -0.39 is 0 Å². The first-order valence-electron chi connectivity index (χ1n) is 5.05. The lowest BCUT2D eigenvalue weighted by Gasteiger charge is -1.95. The number of phenolic OH excluding ortho intramolecular Hbond substituents is 1. The Hall–Kier alpha value is -1.66. The van der Waals surface area contributed by atoms with Crippen molar-refractivity contribution < 1.29 is 5.11 Å². The molecule has 0 heterocycles. The maximum atomic E-state index is 9.13. The second-order valence-electron chi connectivity index (χ2n) is 3.40. The van der Waals surface area contributed by atoms with Gasteiger partial charge in [-0.25, -0.2) is 0 Å². The molecule has 0 aliphatic carbocycles. The van der Waals surface area contributed by atoms with Crippen molar-refractivity contribution in [1.29, 1.82) is 0 Å². The minimum absolute atomic E-state index is 0.294. The SMILES string of the molecule is Oc1ccc(P=NCc2ccccc2)cc1. The Morgan fingerprint density at radius 2 is 1.62 bits per heavy atom. The Morgan fingerprint density at radius 3 is 2.31 bits per heavy atom. The van der Waals surface area contributed by atoms with E-state index >= 15 is 0 Å². The minimum Gasteiger partial charge on any atom is -0.508 e. The van der Waals surface area contributed by atoms with E-state index in [0.29, 0.717) is 5.75 Å². The molecule has 0 radical (unpaired) electrons. The van der Waals surface area contributed by atoms with Gasteiger partial charge in [0.15, 0.2) is 0 Å². The normalized spacial score (nSPS) is 10.8. The first-order valence-corrected chi connectivity index (χ1v) is 5.90. The van der Waals surface area contributed by atoms with Crippen LogP contribution in [0.15, 0.2) is 59.3 Å². The molecule has 0 fully saturated rings. The molecule has 0 aromatic heterocycles. The molecule has 0 aliphatic heterocycles. The molecule has 0 saturated heterocycles. The number of benzene rings is 2. The monoisotopic (exact) mass is 229 g/mol. The molecular formula is C13H12NOP. The van der Waals surface area contributed by atoms with Gasteiger partial charge < -0.3 is 5.11 Å². The first-order chi connectivity index (χ1) is 7.84. The van der Waals surface area contributed by atoms with Crippen LogP contribution in [0, 0.1) is 0 Å². The minimum atomic E-state index is 0.294. The number of aromatic hydroxyl groups is 1. The predicted molar refractivity (Wildman–Crippen MR) is 67.2 cm³/mol. The fraction of sp³-hybridized carbons (Fsp3) is 0.0769. The summed E-state index contributed by atoms with van der Waals surface area (Å²) >= 11 is 0. The van der Waals surface area contributed by atoms with Crippen molar-refractivity contribution in [2.24, 2.45) is 4.74 Å². The molecule has 3 heteroatoms. The molecule has 2 nitrogen and oxygen atoms in total. The van der Waals surface area contributed by atoms with Gasteiger partial charge in [-0.15, -0.1) is 0 Å². The third-order valence-electron chi connectivity index (χ3n) is 2.13. The highest BCUT2D eigenvalue weighted by Gasteiger charge is 1.90. The van der Waals surface area contributed by atoms with Crippen molar-refractivity contribution in [3.63, 3.8) is 0 Å². The van der Waals surface area contributed by atoms with E-state index in [-0.39, 0.29) is 0 Å². The number of hydrogen-bond donors (Lipinski definition) is 1.